The van der Waals surface area contributed by atoms with E-state index in [1.54, 1.807) is 18.2 Å². The van der Waals surface area contributed by atoms with Crippen molar-refractivity contribution in [3.8, 4) is 5.75 Å². The highest BCUT2D eigenvalue weighted by Gasteiger charge is 2.08. The third-order valence-corrected chi connectivity index (χ3v) is 5.85. The van der Waals surface area contributed by atoms with Gasteiger partial charge in [0, 0.05) is 48.7 Å². The summed E-state index contributed by atoms with van der Waals surface area (Å²) in [7, 11) is 0. The van der Waals surface area contributed by atoms with Gasteiger partial charge in [-0.25, -0.2) is 9.59 Å². The van der Waals surface area contributed by atoms with Gasteiger partial charge in [0.05, 0.1) is 0 Å². The smallest absolute Gasteiger partial charge is 0.336 e. The van der Waals surface area contributed by atoms with E-state index >= 15 is 0 Å². The molecule has 0 aliphatic carbocycles. The van der Waals surface area contributed by atoms with Gasteiger partial charge in [-0.3, -0.25) is 9.59 Å². The Labute approximate surface area is 218 Å². The molecule has 192 valence electrons. The zero-order valence-electron chi connectivity index (χ0n) is 21.3. The number of fused-ring (bicyclic) bond motifs is 2. The topological polar surface area (TPSA) is 104 Å². The van der Waals surface area contributed by atoms with Gasteiger partial charge in [-0.2, -0.15) is 0 Å². The summed E-state index contributed by atoms with van der Waals surface area (Å²) >= 11 is 0. The van der Waals surface area contributed by atoms with Crippen molar-refractivity contribution in [2.75, 3.05) is 0 Å². The number of Topliss-reactive ketones (excluding diaryl/α,β-unsaturated/α-hetero) is 1. The number of rotatable bonds is 5. The summed E-state index contributed by atoms with van der Waals surface area (Å²) in [6.45, 7) is 5.01. The monoisotopic (exact) mass is 510 g/mol. The van der Waals surface area contributed by atoms with Gasteiger partial charge in [0.15, 0.2) is 0 Å². The van der Waals surface area contributed by atoms with Gasteiger partial charge in [-0.05, 0) is 54.3 Å². The zero-order valence-corrected chi connectivity index (χ0v) is 21.3. The molecule has 2 aromatic heterocycles. The fourth-order valence-corrected chi connectivity index (χ4v) is 4.13. The molecule has 0 aliphatic heterocycles. The third-order valence-electron chi connectivity index (χ3n) is 5.85. The van der Waals surface area contributed by atoms with Gasteiger partial charge in [0.25, 0.3) is 0 Å². The molecule has 0 saturated carbocycles. The van der Waals surface area contributed by atoms with Crippen LogP contribution in [0.3, 0.4) is 0 Å². The lowest BCUT2D eigenvalue weighted by Gasteiger charge is -2.05. The number of carbonyl (C=O) groups is 2. The Balaban J connectivity index is 0.000000186. The van der Waals surface area contributed by atoms with E-state index in [0.29, 0.717) is 29.8 Å². The Morgan fingerprint density at radius 3 is 1.84 bits per heavy atom. The fraction of sp³-hybridized carbons (Fsp3) is 0.161. The maximum absolute atomic E-state index is 12.2. The molecule has 0 aliphatic rings. The number of hydrogen-bond donors (Lipinski definition) is 0. The molecule has 0 bridgehead atoms. The summed E-state index contributed by atoms with van der Waals surface area (Å²) in [6, 6.07) is 23.1. The summed E-state index contributed by atoms with van der Waals surface area (Å²) in [5.41, 5.74) is 3.77. The molecular weight excluding hydrogens is 484 g/mol. The number of hydrogen-bond acceptors (Lipinski definition) is 7. The van der Waals surface area contributed by atoms with Crippen molar-refractivity contribution in [3.05, 3.63) is 122 Å². The minimum atomic E-state index is -0.412. The van der Waals surface area contributed by atoms with Crippen molar-refractivity contribution < 1.29 is 23.2 Å². The van der Waals surface area contributed by atoms with Crippen LogP contribution in [-0.2, 0) is 22.4 Å². The minimum absolute atomic E-state index is 0.139. The Morgan fingerprint density at radius 2 is 1.24 bits per heavy atom. The van der Waals surface area contributed by atoms with Gasteiger partial charge in [-0.15, -0.1) is 0 Å². The molecule has 0 amide bonds. The lowest BCUT2D eigenvalue weighted by Crippen LogP contribution is -2.06. The average Bonchev–Trinajstić information content (AvgIpc) is 2.84. The van der Waals surface area contributed by atoms with Crippen molar-refractivity contribution in [1.82, 2.24) is 0 Å². The number of ether oxygens (including phenoxy) is 1. The van der Waals surface area contributed by atoms with Crippen LogP contribution in [-0.4, -0.2) is 11.8 Å². The van der Waals surface area contributed by atoms with Crippen LogP contribution in [0.15, 0.2) is 97.3 Å². The molecule has 0 N–H and O–H groups in total. The number of benzene rings is 3. The van der Waals surface area contributed by atoms with Gasteiger partial charge < -0.3 is 13.6 Å². The van der Waals surface area contributed by atoms with Crippen molar-refractivity contribution in [2.24, 2.45) is 0 Å². The van der Waals surface area contributed by atoms with Crippen LogP contribution in [0.4, 0.5) is 0 Å². The van der Waals surface area contributed by atoms with Crippen molar-refractivity contribution in [2.45, 2.75) is 33.6 Å². The predicted molar refractivity (Wildman–Crippen MR) is 145 cm³/mol. The second-order valence-electron chi connectivity index (χ2n) is 8.96. The second kappa shape index (κ2) is 11.5. The quantitative estimate of drug-likeness (QED) is 0.175. The second-order valence-corrected chi connectivity index (χ2v) is 8.96. The van der Waals surface area contributed by atoms with E-state index in [2.05, 4.69) is 0 Å². The van der Waals surface area contributed by atoms with E-state index in [1.165, 1.54) is 25.1 Å². The number of carbonyl (C=O) groups excluding carboxylic acids is 2. The van der Waals surface area contributed by atoms with Crippen LogP contribution < -0.4 is 16.0 Å². The molecule has 38 heavy (non-hydrogen) atoms. The van der Waals surface area contributed by atoms with Crippen molar-refractivity contribution >= 4 is 33.7 Å². The van der Waals surface area contributed by atoms with Gasteiger partial charge in [0.1, 0.15) is 22.7 Å². The Morgan fingerprint density at radius 1 is 0.684 bits per heavy atom. The van der Waals surface area contributed by atoms with E-state index in [0.717, 1.165) is 33.0 Å². The van der Waals surface area contributed by atoms with E-state index in [9.17, 15) is 19.2 Å². The molecule has 0 atom stereocenters. The summed E-state index contributed by atoms with van der Waals surface area (Å²) in [5.74, 6) is 0.101. The molecule has 5 rings (SSSR count). The minimum Gasteiger partial charge on any atom is -0.427 e. The molecule has 0 fully saturated rings. The molecule has 2 heterocycles. The van der Waals surface area contributed by atoms with Crippen LogP contribution in [0, 0.1) is 13.8 Å². The molecule has 7 nitrogen and oxygen atoms in total. The average molecular weight is 511 g/mol. The maximum Gasteiger partial charge on any atom is 0.336 e. The lowest BCUT2D eigenvalue weighted by molar-refractivity contribution is -0.131. The van der Waals surface area contributed by atoms with E-state index < -0.39 is 11.6 Å². The summed E-state index contributed by atoms with van der Waals surface area (Å²) in [6.07, 6.45) is 0.749. The molecule has 5 aromatic rings. The molecule has 0 radical (unpaired) electrons. The van der Waals surface area contributed by atoms with E-state index in [4.69, 9.17) is 13.6 Å². The highest BCUT2D eigenvalue weighted by atomic mass is 16.5. The van der Waals surface area contributed by atoms with Gasteiger partial charge >= 0.3 is 17.2 Å². The molecular formula is C31H26O7. The number of ketones is 1. The van der Waals surface area contributed by atoms with Crippen LogP contribution in [0.25, 0.3) is 21.9 Å². The number of esters is 1. The van der Waals surface area contributed by atoms with Crippen LogP contribution in [0.1, 0.15) is 29.2 Å². The summed E-state index contributed by atoms with van der Waals surface area (Å²) in [4.78, 5) is 45.5. The van der Waals surface area contributed by atoms with Crippen LogP contribution >= 0.6 is 0 Å². The first-order valence-corrected chi connectivity index (χ1v) is 12.0. The Hall–Kier alpha value is -4.78. The van der Waals surface area contributed by atoms with E-state index in [-0.39, 0.29) is 11.4 Å². The highest BCUT2D eigenvalue weighted by molar-refractivity contribution is 5.86. The van der Waals surface area contributed by atoms with Gasteiger partial charge in [0.2, 0.25) is 0 Å². The van der Waals surface area contributed by atoms with Crippen LogP contribution in [0.2, 0.25) is 0 Å². The molecule has 0 saturated heterocycles. The lowest BCUT2D eigenvalue weighted by atomic mass is 10.0. The summed E-state index contributed by atoms with van der Waals surface area (Å²) in [5, 5.41) is 1.73. The number of aryl methyl sites for hydroxylation is 2. The zero-order chi connectivity index (χ0) is 27.2. The SMILES string of the molecule is CC(=O)Oc1ccc2c(C)cc(=O)oc2c1.Cc1cc(=O)oc2cc(CC(=O)Cc3ccccc3)ccc12. The standard InChI is InChI=1S/C19H16O3.C12H10O4/c1-13-9-19(21)22-18-12-15(7-8-17(13)18)11-16(20)10-14-5-3-2-4-6-14;1-7-5-12(14)16-11-6-9(15-8(2)13)3-4-10(7)11/h2-9,12H,10-11H2,1H3;3-6H,1-2H3. The Bertz CT molecular complexity index is 1740. The molecule has 3 aromatic carbocycles. The predicted octanol–water partition coefficient (Wildman–Crippen LogP) is 5.48. The molecule has 0 spiro atoms. The molecule has 0 unspecified atom stereocenters. The van der Waals surface area contributed by atoms with Crippen molar-refractivity contribution in [3.63, 3.8) is 0 Å². The third kappa shape index (κ3) is 6.70. The van der Waals surface area contributed by atoms with Gasteiger partial charge in [-0.1, -0.05) is 42.5 Å². The maximum atomic E-state index is 12.2. The Kier molecular flexibility index (Phi) is 7.97. The van der Waals surface area contributed by atoms with E-state index in [1.807, 2.05) is 56.3 Å². The first-order chi connectivity index (χ1) is 18.2. The highest BCUT2D eigenvalue weighted by Crippen LogP contribution is 2.22. The fourth-order valence-electron chi connectivity index (χ4n) is 4.13. The largest absolute Gasteiger partial charge is 0.427 e. The van der Waals surface area contributed by atoms with Crippen LogP contribution in [0.5, 0.6) is 5.75 Å². The summed E-state index contributed by atoms with van der Waals surface area (Å²) < 4.78 is 15.1. The first-order valence-electron chi connectivity index (χ1n) is 12.0. The first kappa shape index (κ1) is 26.3. The normalized spacial score (nSPS) is 10.6. The molecule has 7 heteroatoms. The van der Waals surface area contributed by atoms with Crippen molar-refractivity contribution in [1.29, 1.82) is 0 Å².